The molecule has 0 bridgehead atoms. The maximum Gasteiger partial charge on any atom is 0.253 e. The summed E-state index contributed by atoms with van der Waals surface area (Å²) in [6.07, 6.45) is 0. The number of carbonyl (C=O) groups is 1. The molecular weight excluding hydrogens is 552 g/mol. The zero-order valence-corrected chi connectivity index (χ0v) is 27.3. The van der Waals surface area contributed by atoms with E-state index in [0.717, 1.165) is 87.5 Å². The van der Waals surface area contributed by atoms with Gasteiger partial charge in [0.2, 0.25) is 0 Å². The van der Waals surface area contributed by atoms with Crippen molar-refractivity contribution in [3.8, 4) is 28.1 Å². The number of hydrogen-bond donors (Lipinski definition) is 1. The molecule has 0 unspecified atom stereocenters. The lowest BCUT2D eigenvalue weighted by atomic mass is 9.84. The smallest absolute Gasteiger partial charge is 0.253 e. The number of fused-ring (bicyclic) bond motifs is 3. The van der Waals surface area contributed by atoms with Crippen LogP contribution >= 0.6 is 0 Å². The molecule has 2 aromatic carbocycles. The van der Waals surface area contributed by atoms with E-state index in [1.54, 1.807) is 7.11 Å². The lowest BCUT2D eigenvalue weighted by Crippen LogP contribution is -2.50. The Hall–Kier alpha value is -4.24. The minimum atomic E-state index is -0.171. The molecular formula is C35H42N6O3. The Balaban J connectivity index is 1.53. The van der Waals surface area contributed by atoms with Crippen molar-refractivity contribution >= 4 is 27.8 Å². The lowest BCUT2D eigenvalue weighted by Gasteiger charge is -2.37. The van der Waals surface area contributed by atoms with Gasteiger partial charge in [-0.3, -0.25) is 9.69 Å². The van der Waals surface area contributed by atoms with Gasteiger partial charge in [0.25, 0.3) is 5.91 Å². The molecule has 9 nitrogen and oxygen atoms in total. The minimum Gasteiger partial charge on any atom is -0.496 e. The first kappa shape index (κ1) is 29.8. The second-order valence-corrected chi connectivity index (χ2v) is 13.2. The Morgan fingerprint density at radius 2 is 1.73 bits per heavy atom. The van der Waals surface area contributed by atoms with Crippen LogP contribution in [0, 0.1) is 20.8 Å². The molecule has 44 heavy (non-hydrogen) atoms. The fourth-order valence-electron chi connectivity index (χ4n) is 6.32. The molecule has 0 spiro atoms. The number of amides is 1. The number of nitrogens with zero attached hydrogens (tertiary/aromatic N) is 5. The number of methoxy groups -OCH3 is 1. The number of aromatic amines is 1. The number of benzene rings is 2. The average Bonchev–Trinajstić information content (AvgIpc) is 3.52. The van der Waals surface area contributed by atoms with Gasteiger partial charge in [-0.15, -0.1) is 0 Å². The number of carbonyl (C=O) groups excluding carboxylic acids is 1. The number of H-pyrrole nitrogens is 1. The highest BCUT2D eigenvalue weighted by Crippen LogP contribution is 2.42. The van der Waals surface area contributed by atoms with Gasteiger partial charge in [0.05, 0.1) is 29.4 Å². The first-order chi connectivity index (χ1) is 20.8. The molecule has 1 aliphatic rings. The Kier molecular flexibility index (Phi) is 7.48. The number of rotatable bonds is 5. The largest absolute Gasteiger partial charge is 0.496 e. The van der Waals surface area contributed by atoms with Crippen LogP contribution in [0.2, 0.25) is 0 Å². The van der Waals surface area contributed by atoms with Crippen LogP contribution in [0.15, 0.2) is 34.9 Å². The van der Waals surface area contributed by atoms with Crippen molar-refractivity contribution in [1.29, 1.82) is 0 Å². The molecule has 1 N–H and O–H groups in total. The maximum absolute atomic E-state index is 14.0. The Morgan fingerprint density at radius 1 is 1.00 bits per heavy atom. The number of aromatic nitrogens is 4. The van der Waals surface area contributed by atoms with E-state index in [0.29, 0.717) is 23.2 Å². The van der Waals surface area contributed by atoms with Gasteiger partial charge in [-0.05, 0) is 75.9 Å². The molecule has 5 aromatic rings. The highest BCUT2D eigenvalue weighted by molar-refractivity contribution is 6.14. The Labute approximate surface area is 258 Å². The van der Waals surface area contributed by atoms with E-state index in [-0.39, 0.29) is 11.3 Å². The summed E-state index contributed by atoms with van der Waals surface area (Å²) in [5.74, 6) is 2.15. The SMILES string of the molecule is COc1cc2c(cc1-c1c(C)noc1C)[nH]c1nc(C)nc(-c3cc(C(=O)N4CCN(C(C)C)CC4)cc(C(C)(C)C)c3)c12. The monoisotopic (exact) mass is 594 g/mol. The second-order valence-electron chi connectivity index (χ2n) is 13.2. The molecule has 1 saturated heterocycles. The Bertz CT molecular complexity index is 1870. The molecule has 1 fully saturated rings. The molecule has 0 aliphatic carbocycles. The van der Waals surface area contributed by atoms with Crippen molar-refractivity contribution < 1.29 is 14.1 Å². The van der Waals surface area contributed by atoms with Crippen molar-refractivity contribution in [2.75, 3.05) is 33.3 Å². The van der Waals surface area contributed by atoms with Crippen LogP contribution in [0.25, 0.3) is 44.3 Å². The first-order valence-electron chi connectivity index (χ1n) is 15.4. The van der Waals surface area contributed by atoms with Gasteiger partial charge in [-0.25, -0.2) is 9.97 Å². The Morgan fingerprint density at radius 3 is 2.34 bits per heavy atom. The van der Waals surface area contributed by atoms with E-state index in [4.69, 9.17) is 19.2 Å². The third-order valence-electron chi connectivity index (χ3n) is 8.84. The predicted octanol–water partition coefficient (Wildman–Crippen LogP) is 6.83. The quantitative estimate of drug-likeness (QED) is 0.238. The zero-order valence-electron chi connectivity index (χ0n) is 27.3. The van der Waals surface area contributed by atoms with E-state index in [2.05, 4.69) is 67.9 Å². The van der Waals surface area contributed by atoms with Gasteiger partial charge in [0.1, 0.15) is 23.0 Å². The molecule has 4 heterocycles. The average molecular weight is 595 g/mol. The van der Waals surface area contributed by atoms with Crippen LogP contribution < -0.4 is 4.74 Å². The molecule has 3 aromatic heterocycles. The van der Waals surface area contributed by atoms with E-state index >= 15 is 0 Å². The summed E-state index contributed by atoms with van der Waals surface area (Å²) in [5, 5.41) is 5.99. The van der Waals surface area contributed by atoms with Crippen molar-refractivity contribution in [1.82, 2.24) is 29.9 Å². The summed E-state index contributed by atoms with van der Waals surface area (Å²) in [6, 6.07) is 10.8. The molecule has 9 heteroatoms. The minimum absolute atomic E-state index is 0.0625. The second kappa shape index (κ2) is 11.0. The summed E-state index contributed by atoms with van der Waals surface area (Å²) in [5.41, 5.74) is 7.54. The summed E-state index contributed by atoms with van der Waals surface area (Å²) in [7, 11) is 1.67. The van der Waals surface area contributed by atoms with Crippen molar-refractivity contribution in [3.63, 3.8) is 0 Å². The number of hydrogen-bond acceptors (Lipinski definition) is 7. The van der Waals surface area contributed by atoms with Gasteiger partial charge in [0, 0.05) is 59.8 Å². The molecule has 230 valence electrons. The highest BCUT2D eigenvalue weighted by atomic mass is 16.5. The summed E-state index contributed by atoms with van der Waals surface area (Å²) in [4.78, 5) is 31.7. The lowest BCUT2D eigenvalue weighted by molar-refractivity contribution is 0.0595. The normalized spacial score (nSPS) is 14.7. The summed E-state index contributed by atoms with van der Waals surface area (Å²) >= 11 is 0. The molecule has 0 atom stereocenters. The van der Waals surface area contributed by atoms with Gasteiger partial charge >= 0.3 is 0 Å². The van der Waals surface area contributed by atoms with Crippen LogP contribution in [0.3, 0.4) is 0 Å². The van der Waals surface area contributed by atoms with E-state index in [1.165, 1.54) is 0 Å². The van der Waals surface area contributed by atoms with Crippen LogP contribution in [0.5, 0.6) is 5.75 Å². The fourth-order valence-corrected chi connectivity index (χ4v) is 6.32. The first-order valence-corrected chi connectivity index (χ1v) is 15.4. The van der Waals surface area contributed by atoms with Crippen LogP contribution in [-0.4, -0.2) is 75.1 Å². The highest BCUT2D eigenvalue weighted by Gasteiger charge is 2.27. The predicted molar refractivity (Wildman–Crippen MR) is 174 cm³/mol. The van der Waals surface area contributed by atoms with E-state index in [9.17, 15) is 4.79 Å². The topological polar surface area (TPSA) is 100 Å². The van der Waals surface area contributed by atoms with Crippen molar-refractivity contribution in [2.45, 2.75) is 66.8 Å². The number of ether oxygens (including phenoxy) is 1. The fraction of sp³-hybridized carbons (Fsp3) is 0.429. The standard InChI is InChI=1S/C35H42N6O3/c1-19(2)40-10-12-41(13-11-40)34(42)24-14-23(15-25(16-24)35(6,7)8)32-31-26-18-29(43-9)27(30-20(3)39-44-21(30)4)17-28(26)38-33(31)37-22(5)36-32/h14-19H,10-13H2,1-9H3,(H,36,37,38). The van der Waals surface area contributed by atoms with E-state index in [1.807, 2.05) is 37.8 Å². The zero-order chi connectivity index (χ0) is 31.5. The summed E-state index contributed by atoms with van der Waals surface area (Å²) < 4.78 is 11.4. The van der Waals surface area contributed by atoms with E-state index < -0.39 is 0 Å². The molecule has 0 saturated carbocycles. The number of nitrogens with one attached hydrogen (secondary N) is 1. The molecule has 0 radical (unpaired) electrons. The van der Waals surface area contributed by atoms with Gasteiger partial charge in [-0.2, -0.15) is 0 Å². The molecule has 6 rings (SSSR count). The van der Waals surface area contributed by atoms with Gasteiger partial charge in [-0.1, -0.05) is 25.9 Å². The van der Waals surface area contributed by atoms with Crippen molar-refractivity contribution in [2.24, 2.45) is 0 Å². The van der Waals surface area contributed by atoms with Crippen molar-refractivity contribution in [3.05, 3.63) is 58.7 Å². The number of aryl methyl sites for hydroxylation is 3. The number of piperazine rings is 1. The van der Waals surface area contributed by atoms with Gasteiger partial charge < -0.3 is 19.1 Å². The summed E-state index contributed by atoms with van der Waals surface area (Å²) in [6.45, 7) is 19.9. The molecule has 1 amide bonds. The van der Waals surface area contributed by atoms with Gasteiger partial charge in [0.15, 0.2) is 0 Å². The van der Waals surface area contributed by atoms with Crippen LogP contribution in [-0.2, 0) is 5.41 Å². The molecule has 1 aliphatic heterocycles. The third-order valence-corrected chi connectivity index (χ3v) is 8.84. The van der Waals surface area contributed by atoms with Crippen LogP contribution in [0.1, 0.15) is 67.8 Å². The maximum atomic E-state index is 14.0. The van der Waals surface area contributed by atoms with Crippen LogP contribution in [0.4, 0.5) is 0 Å². The third kappa shape index (κ3) is 5.23.